The van der Waals surface area contributed by atoms with Crippen LogP contribution in [0.4, 0.5) is 5.69 Å². The number of allylic oxidation sites excluding steroid dienone is 1. The summed E-state index contributed by atoms with van der Waals surface area (Å²) < 4.78 is 7.11. The fourth-order valence-corrected chi connectivity index (χ4v) is 12.3. The fraction of sp³-hybridized carbons (Fsp3) is 0.600. The molecule has 2 nitrogen and oxygen atoms in total. The smallest absolute Gasteiger partial charge is 1.00 e. The van der Waals surface area contributed by atoms with E-state index in [1.807, 2.05) is 5.20 Å². The molecule has 1 heterocycles. The zero-order valence-electron chi connectivity index (χ0n) is 17.8. The number of anilines is 1. The van der Waals surface area contributed by atoms with Crippen molar-refractivity contribution in [2.24, 2.45) is 0 Å². The fourth-order valence-electron chi connectivity index (χ4n) is 4.25. The Morgan fingerprint density at radius 3 is 2.26 bits per heavy atom. The van der Waals surface area contributed by atoms with Crippen molar-refractivity contribution in [3.8, 4) is 5.75 Å². The van der Waals surface area contributed by atoms with E-state index in [9.17, 15) is 0 Å². The van der Waals surface area contributed by atoms with Gasteiger partial charge in [0.2, 0.25) is 0 Å². The van der Waals surface area contributed by atoms with Gasteiger partial charge in [-0.05, 0) is 0 Å². The molecule has 0 saturated heterocycles. The van der Waals surface area contributed by atoms with Crippen LogP contribution in [-0.4, -0.2) is 21.9 Å². The molecule has 0 radical (unpaired) electrons. The first-order valence-corrected chi connectivity index (χ1v) is 16.5. The first kappa shape index (κ1) is 25.3. The summed E-state index contributed by atoms with van der Waals surface area (Å²) in [5.41, 5.74) is 4.31. The first-order valence-electron chi connectivity index (χ1n) is 9.50. The SMILES string of the molecule is CCC[Si]1(C)C2=C1[CH]([Ti+2])c1ccc(O[Si](C)(C)C)c(NC(C)(C)C)c12.[Cl-].[Cl-]. The zero-order valence-corrected chi connectivity index (χ0v) is 22.9. The zero-order chi connectivity index (χ0) is 18.8. The van der Waals surface area contributed by atoms with Crippen LogP contribution in [0.2, 0.25) is 32.2 Å². The third-order valence-electron chi connectivity index (χ3n) is 5.07. The second kappa shape index (κ2) is 8.20. The van der Waals surface area contributed by atoms with E-state index in [0.717, 1.165) is 5.75 Å². The minimum Gasteiger partial charge on any atom is -1.00 e. The van der Waals surface area contributed by atoms with Gasteiger partial charge in [0, 0.05) is 0 Å². The molecule has 0 bridgehead atoms. The van der Waals surface area contributed by atoms with E-state index in [4.69, 9.17) is 4.43 Å². The predicted molar refractivity (Wildman–Crippen MR) is 110 cm³/mol. The maximum Gasteiger partial charge on any atom is -1.00 e. The van der Waals surface area contributed by atoms with Crippen LogP contribution < -0.4 is 34.6 Å². The van der Waals surface area contributed by atoms with Gasteiger partial charge in [-0.3, -0.25) is 0 Å². The van der Waals surface area contributed by atoms with Gasteiger partial charge in [-0.2, -0.15) is 0 Å². The summed E-state index contributed by atoms with van der Waals surface area (Å²) in [4.78, 5) is 0. The Labute approximate surface area is 191 Å². The Balaban J connectivity index is 0.00000182. The van der Waals surface area contributed by atoms with E-state index < -0.39 is 16.4 Å². The number of fused-ring (bicyclic) bond motifs is 2. The monoisotopic (exact) mass is 476 g/mol. The molecule has 0 saturated carbocycles. The van der Waals surface area contributed by atoms with Crippen molar-refractivity contribution in [2.45, 2.75) is 76.1 Å². The predicted octanol–water partition coefficient (Wildman–Crippen LogP) is 0.0544. The van der Waals surface area contributed by atoms with Crippen molar-refractivity contribution < 1.29 is 49.7 Å². The second-order valence-electron chi connectivity index (χ2n) is 9.80. The van der Waals surface area contributed by atoms with Crippen molar-refractivity contribution in [3.05, 3.63) is 28.5 Å². The normalized spacial score (nSPS) is 23.1. The number of halogens is 2. The van der Waals surface area contributed by atoms with E-state index in [2.05, 4.69) is 91.8 Å². The Hall–Kier alpha value is 0.288. The van der Waals surface area contributed by atoms with Gasteiger partial charge < -0.3 is 24.8 Å². The van der Waals surface area contributed by atoms with Gasteiger partial charge in [-0.1, -0.05) is 0 Å². The molecule has 1 aliphatic heterocycles. The van der Waals surface area contributed by atoms with Crippen LogP contribution in [0.15, 0.2) is 17.3 Å². The number of rotatable bonds is 5. The molecular weight excluding hydrogens is 445 g/mol. The van der Waals surface area contributed by atoms with Gasteiger partial charge in [0.15, 0.2) is 0 Å². The summed E-state index contributed by atoms with van der Waals surface area (Å²) in [5.74, 6) is 1.06. The maximum atomic E-state index is 6.50. The molecule has 1 aliphatic carbocycles. The van der Waals surface area contributed by atoms with Crippen LogP contribution in [0, 0.1) is 0 Å². The van der Waals surface area contributed by atoms with E-state index >= 15 is 0 Å². The summed E-state index contributed by atoms with van der Waals surface area (Å²) >= 11 is 2.41. The molecule has 2 aliphatic rings. The second-order valence-corrected chi connectivity index (χ2v) is 19.3. The van der Waals surface area contributed by atoms with Gasteiger partial charge in [-0.25, -0.2) is 0 Å². The molecule has 2 unspecified atom stereocenters. The van der Waals surface area contributed by atoms with Gasteiger partial charge >= 0.3 is 168 Å². The topological polar surface area (TPSA) is 21.3 Å². The van der Waals surface area contributed by atoms with Crippen molar-refractivity contribution >= 4 is 27.3 Å². The molecule has 2 atom stereocenters. The molecule has 149 valence electrons. The van der Waals surface area contributed by atoms with Gasteiger partial charge in [0.25, 0.3) is 0 Å². The van der Waals surface area contributed by atoms with Crippen LogP contribution in [0.25, 0.3) is 5.20 Å². The standard InChI is InChI=1S/C20H32NOSi2.2ClH.Ti/c1-9-12-24(8)16-13-14-10-11-15(22-23(5,6)7)18(17(14)19(16)24)21-20(2,3)4;;;/h10-11,13,21H,9,12H2,1-8H3;2*1H;/q;;;+2/p-2. The summed E-state index contributed by atoms with van der Waals surface area (Å²) in [5, 5.41) is 7.37. The average Bonchev–Trinajstić information content (AvgIpc) is 2.87. The van der Waals surface area contributed by atoms with Gasteiger partial charge in [0.1, 0.15) is 0 Å². The largest absolute Gasteiger partial charge is 1.00 e. The number of nitrogens with one attached hydrogen (secondary N) is 1. The number of benzene rings is 1. The third-order valence-corrected chi connectivity index (χ3v) is 11.9. The third kappa shape index (κ3) is 4.73. The number of hydrogen-bond acceptors (Lipinski definition) is 2. The molecule has 27 heavy (non-hydrogen) atoms. The summed E-state index contributed by atoms with van der Waals surface area (Å²) in [6, 6.07) is 5.94. The molecule has 1 aromatic carbocycles. The molecule has 1 aromatic rings. The Kier molecular flexibility index (Phi) is 7.69. The van der Waals surface area contributed by atoms with Crippen LogP contribution in [0.5, 0.6) is 5.75 Å². The first-order chi connectivity index (χ1) is 11.4. The average molecular weight is 477 g/mol. The van der Waals surface area contributed by atoms with Crippen LogP contribution in [0.3, 0.4) is 0 Å². The van der Waals surface area contributed by atoms with E-state index in [-0.39, 0.29) is 30.4 Å². The molecule has 0 aromatic heterocycles. The minimum absolute atomic E-state index is 0. The van der Waals surface area contributed by atoms with Crippen molar-refractivity contribution in [2.75, 3.05) is 5.32 Å². The summed E-state index contributed by atoms with van der Waals surface area (Å²) in [7, 11) is -2.97. The van der Waals surface area contributed by atoms with E-state index in [1.54, 1.807) is 5.20 Å². The van der Waals surface area contributed by atoms with Crippen LogP contribution >= 0.6 is 0 Å². The molecule has 1 N–H and O–H groups in total. The Morgan fingerprint density at radius 2 is 1.78 bits per heavy atom. The quantitative estimate of drug-likeness (QED) is 0.606. The Morgan fingerprint density at radius 1 is 1.19 bits per heavy atom. The van der Waals surface area contributed by atoms with Crippen LogP contribution in [-0.2, 0) is 20.4 Å². The minimum atomic E-state index is -1.66. The van der Waals surface area contributed by atoms with Crippen molar-refractivity contribution in [3.63, 3.8) is 0 Å². The summed E-state index contributed by atoms with van der Waals surface area (Å²) in [6.07, 6.45) is 1.30. The van der Waals surface area contributed by atoms with E-state index in [0.29, 0.717) is 4.22 Å². The van der Waals surface area contributed by atoms with Crippen molar-refractivity contribution in [1.82, 2.24) is 0 Å². The molecule has 0 fully saturated rings. The van der Waals surface area contributed by atoms with E-state index in [1.165, 1.54) is 29.3 Å². The maximum absolute atomic E-state index is 6.50. The van der Waals surface area contributed by atoms with Gasteiger partial charge in [0.05, 0.1) is 0 Å². The Bertz CT molecular complexity index is 756. The molecular formula is C20H32Cl2NOSi2Ti. The summed E-state index contributed by atoms with van der Waals surface area (Å²) in [6.45, 7) is 18.4. The van der Waals surface area contributed by atoms with Crippen LogP contribution in [0.1, 0.15) is 49.5 Å². The van der Waals surface area contributed by atoms with Gasteiger partial charge in [-0.15, -0.1) is 0 Å². The molecule has 7 heteroatoms. The molecule has 3 rings (SSSR count). The number of hydrogen-bond donors (Lipinski definition) is 1. The molecule has 0 amide bonds. The molecule has 0 spiro atoms. The van der Waals surface area contributed by atoms with Crippen molar-refractivity contribution in [1.29, 1.82) is 0 Å².